The molecule has 0 aromatic heterocycles. The lowest BCUT2D eigenvalue weighted by Gasteiger charge is -2.53. The minimum absolute atomic E-state index is 0.223. The predicted octanol–water partition coefficient (Wildman–Crippen LogP) is 4.24. The number of piperidine rings is 1. The van der Waals surface area contributed by atoms with E-state index in [0.717, 1.165) is 45.6 Å². The number of carbonyl (C=O) groups is 1. The molecule has 0 aliphatic carbocycles. The lowest BCUT2D eigenvalue weighted by molar-refractivity contribution is -0.132. The first-order chi connectivity index (χ1) is 13.3. The van der Waals surface area contributed by atoms with Gasteiger partial charge in [0.1, 0.15) is 0 Å². The smallest absolute Gasteiger partial charge is 0.219 e. The molecule has 0 bridgehead atoms. The molecule has 156 valence electrons. The summed E-state index contributed by atoms with van der Waals surface area (Å²) in [5, 5.41) is 0. The maximum Gasteiger partial charge on any atom is 0.219 e. The molecular weight excluding hydrogens is 346 g/mol. The second-order valence-corrected chi connectivity index (χ2v) is 9.25. The summed E-state index contributed by atoms with van der Waals surface area (Å²) in [5.74, 6) is 0.223. The molecule has 2 heterocycles. The summed E-state index contributed by atoms with van der Waals surface area (Å²) >= 11 is 0. The van der Waals surface area contributed by atoms with Crippen LogP contribution in [0.4, 0.5) is 0 Å². The van der Waals surface area contributed by atoms with Crippen LogP contribution in [0.5, 0.6) is 0 Å². The zero-order valence-electron chi connectivity index (χ0n) is 18.6. The van der Waals surface area contributed by atoms with Crippen LogP contribution < -0.4 is 0 Å². The van der Waals surface area contributed by atoms with Crippen LogP contribution in [-0.2, 0) is 4.79 Å². The van der Waals surface area contributed by atoms with Gasteiger partial charge in [-0.05, 0) is 45.6 Å². The maximum absolute atomic E-state index is 11.7. The average Bonchev–Trinajstić information content (AvgIpc) is 2.67. The number of benzene rings is 1. The molecule has 2 atom stereocenters. The van der Waals surface area contributed by atoms with E-state index in [4.69, 9.17) is 0 Å². The largest absolute Gasteiger partial charge is 0.343 e. The van der Waals surface area contributed by atoms with Crippen LogP contribution in [0, 0.1) is 6.92 Å². The minimum atomic E-state index is 0.223. The summed E-state index contributed by atoms with van der Waals surface area (Å²) in [5.41, 5.74) is 3.03. The van der Waals surface area contributed by atoms with Crippen molar-refractivity contribution in [1.82, 2.24) is 14.7 Å². The Morgan fingerprint density at radius 2 is 1.79 bits per heavy atom. The molecule has 4 nitrogen and oxygen atoms in total. The third-order valence-corrected chi connectivity index (χ3v) is 7.15. The summed E-state index contributed by atoms with van der Waals surface area (Å²) in [7, 11) is 0. The molecular formula is C24H39N3O. The summed E-state index contributed by atoms with van der Waals surface area (Å²) in [4.78, 5) is 19.1. The Kier molecular flexibility index (Phi) is 6.82. The van der Waals surface area contributed by atoms with Gasteiger partial charge in [0, 0.05) is 57.3 Å². The Balaban J connectivity index is 1.66. The molecule has 1 amide bonds. The van der Waals surface area contributed by atoms with E-state index < -0.39 is 0 Å². The van der Waals surface area contributed by atoms with Crippen molar-refractivity contribution < 1.29 is 4.79 Å². The van der Waals surface area contributed by atoms with Gasteiger partial charge in [0.2, 0.25) is 5.91 Å². The fourth-order valence-corrected chi connectivity index (χ4v) is 5.13. The molecule has 0 radical (unpaired) electrons. The summed E-state index contributed by atoms with van der Waals surface area (Å²) in [6, 6.07) is 10.2. The van der Waals surface area contributed by atoms with Gasteiger partial charge in [-0.15, -0.1) is 0 Å². The zero-order valence-corrected chi connectivity index (χ0v) is 18.6. The number of carbonyl (C=O) groups excluding carboxylic acids is 1. The fraction of sp³-hybridized carbons (Fsp3) is 0.708. The first-order valence-corrected chi connectivity index (χ1v) is 11.2. The van der Waals surface area contributed by atoms with E-state index >= 15 is 0 Å². The van der Waals surface area contributed by atoms with Crippen LogP contribution in [0.2, 0.25) is 0 Å². The van der Waals surface area contributed by atoms with E-state index in [1.165, 1.54) is 24.0 Å². The molecule has 0 N–H and O–H groups in total. The highest BCUT2D eigenvalue weighted by Gasteiger charge is 2.40. The molecule has 3 rings (SSSR count). The molecule has 1 aromatic carbocycles. The molecule has 0 spiro atoms. The predicted molar refractivity (Wildman–Crippen MR) is 116 cm³/mol. The molecule has 28 heavy (non-hydrogen) atoms. The van der Waals surface area contributed by atoms with Gasteiger partial charge in [0.25, 0.3) is 0 Å². The van der Waals surface area contributed by atoms with Gasteiger partial charge in [0.15, 0.2) is 0 Å². The quantitative estimate of drug-likeness (QED) is 0.758. The molecule has 1 aromatic rings. The number of rotatable bonds is 5. The number of hydrogen-bond donors (Lipinski definition) is 0. The Labute approximate surface area is 171 Å². The first-order valence-electron chi connectivity index (χ1n) is 11.2. The molecule has 2 aliphatic rings. The standard InChI is InChI=1S/C24H39N3O/c1-6-7-23(22-10-8-19(2)9-11-22)27-17-16-26(18-20(27)3)24(5)12-14-25(15-13-24)21(4)28/h8-11,20,23H,6-7,12-18H2,1-5H3/t20-,23-/m0/s1. The Bertz CT molecular complexity index is 648. The van der Waals surface area contributed by atoms with Crippen LogP contribution in [0.15, 0.2) is 24.3 Å². The van der Waals surface area contributed by atoms with Gasteiger partial charge < -0.3 is 4.90 Å². The summed E-state index contributed by atoms with van der Waals surface area (Å²) in [6.45, 7) is 16.2. The van der Waals surface area contributed by atoms with Crippen LogP contribution >= 0.6 is 0 Å². The number of hydrogen-bond acceptors (Lipinski definition) is 3. The van der Waals surface area contributed by atoms with Crippen LogP contribution in [0.3, 0.4) is 0 Å². The number of aryl methyl sites for hydroxylation is 1. The van der Waals surface area contributed by atoms with Crippen molar-refractivity contribution in [3.63, 3.8) is 0 Å². The van der Waals surface area contributed by atoms with Crippen molar-refractivity contribution in [3.05, 3.63) is 35.4 Å². The molecule has 0 saturated carbocycles. The molecule has 4 heteroatoms. The summed E-state index contributed by atoms with van der Waals surface area (Å²) in [6.07, 6.45) is 4.62. The van der Waals surface area contributed by atoms with E-state index in [2.05, 4.69) is 61.8 Å². The maximum atomic E-state index is 11.7. The third kappa shape index (κ3) is 4.60. The first kappa shape index (κ1) is 21.3. The average molecular weight is 386 g/mol. The Morgan fingerprint density at radius 1 is 1.14 bits per heavy atom. The van der Waals surface area contributed by atoms with Crippen molar-refractivity contribution >= 4 is 5.91 Å². The fourth-order valence-electron chi connectivity index (χ4n) is 5.13. The van der Waals surface area contributed by atoms with Crippen molar-refractivity contribution in [2.24, 2.45) is 0 Å². The second kappa shape index (κ2) is 8.96. The summed E-state index contributed by atoms with van der Waals surface area (Å²) < 4.78 is 0. The topological polar surface area (TPSA) is 26.8 Å². The van der Waals surface area contributed by atoms with E-state index in [1.807, 2.05) is 4.90 Å². The highest BCUT2D eigenvalue weighted by atomic mass is 16.2. The van der Waals surface area contributed by atoms with Gasteiger partial charge in [-0.25, -0.2) is 0 Å². The SMILES string of the molecule is CCC[C@@H](c1ccc(C)cc1)N1CCN(C2(C)CCN(C(C)=O)CC2)C[C@@H]1C. The molecule has 2 fully saturated rings. The highest BCUT2D eigenvalue weighted by molar-refractivity contribution is 5.73. The van der Waals surface area contributed by atoms with Crippen molar-refractivity contribution in [2.75, 3.05) is 32.7 Å². The van der Waals surface area contributed by atoms with Gasteiger partial charge in [-0.3, -0.25) is 14.6 Å². The zero-order chi connectivity index (χ0) is 20.3. The van der Waals surface area contributed by atoms with Crippen molar-refractivity contribution in [1.29, 1.82) is 0 Å². The Morgan fingerprint density at radius 3 is 2.32 bits per heavy atom. The molecule has 0 unspecified atom stereocenters. The van der Waals surface area contributed by atoms with E-state index in [1.54, 1.807) is 6.92 Å². The van der Waals surface area contributed by atoms with E-state index in [9.17, 15) is 4.79 Å². The number of piperazine rings is 1. The Hall–Kier alpha value is -1.39. The van der Waals surface area contributed by atoms with Gasteiger partial charge in [0.05, 0.1) is 0 Å². The third-order valence-electron chi connectivity index (χ3n) is 7.15. The van der Waals surface area contributed by atoms with Crippen LogP contribution in [-0.4, -0.2) is 64.9 Å². The lowest BCUT2D eigenvalue weighted by Crippen LogP contribution is -2.62. The van der Waals surface area contributed by atoms with E-state index in [-0.39, 0.29) is 11.4 Å². The van der Waals surface area contributed by atoms with Gasteiger partial charge >= 0.3 is 0 Å². The lowest BCUT2D eigenvalue weighted by atomic mass is 9.86. The number of nitrogens with zero attached hydrogens (tertiary/aromatic N) is 3. The minimum Gasteiger partial charge on any atom is -0.343 e. The van der Waals surface area contributed by atoms with Crippen LogP contribution in [0.1, 0.15) is 70.5 Å². The van der Waals surface area contributed by atoms with Crippen molar-refractivity contribution in [3.8, 4) is 0 Å². The van der Waals surface area contributed by atoms with Gasteiger partial charge in [-0.2, -0.15) is 0 Å². The highest BCUT2D eigenvalue weighted by Crippen LogP contribution is 2.34. The normalized spacial score (nSPS) is 24.9. The van der Waals surface area contributed by atoms with Gasteiger partial charge in [-0.1, -0.05) is 43.2 Å². The monoisotopic (exact) mass is 385 g/mol. The van der Waals surface area contributed by atoms with Crippen LogP contribution in [0.25, 0.3) is 0 Å². The molecule has 2 saturated heterocycles. The number of likely N-dealkylation sites (tertiary alicyclic amines) is 1. The van der Waals surface area contributed by atoms with Crippen molar-refractivity contribution in [2.45, 2.75) is 77.9 Å². The second-order valence-electron chi connectivity index (χ2n) is 9.25. The number of amides is 1. The van der Waals surface area contributed by atoms with E-state index in [0.29, 0.717) is 12.1 Å². The molecule has 2 aliphatic heterocycles.